The maximum Gasteiger partial charge on any atom is 0.234 e. The van der Waals surface area contributed by atoms with Crippen LogP contribution in [0.25, 0.3) is 0 Å². The topological polar surface area (TPSA) is 81.1 Å². The van der Waals surface area contributed by atoms with Crippen LogP contribution in [-0.2, 0) is 18.4 Å². The molecule has 0 saturated heterocycles. The molecule has 3 aromatic rings. The molecule has 28 heavy (non-hydrogen) atoms. The lowest BCUT2D eigenvalue weighted by Gasteiger charge is -2.08. The van der Waals surface area contributed by atoms with Gasteiger partial charge in [-0.15, -0.1) is 10.2 Å². The highest BCUT2D eigenvalue weighted by molar-refractivity contribution is 7.99. The molecule has 146 valence electrons. The molecule has 0 unspecified atom stereocenters. The number of hydrogen-bond acceptors (Lipinski definition) is 6. The first-order valence-corrected chi connectivity index (χ1v) is 9.80. The molecule has 7 nitrogen and oxygen atoms in total. The van der Waals surface area contributed by atoms with E-state index in [0.717, 1.165) is 28.5 Å². The first kappa shape index (κ1) is 19.8. The molecular formula is C20H23N5O2S. The zero-order valence-electron chi connectivity index (χ0n) is 16.1. The van der Waals surface area contributed by atoms with Crippen molar-refractivity contribution in [1.29, 1.82) is 0 Å². The number of benzene rings is 2. The van der Waals surface area contributed by atoms with Crippen LogP contribution in [0.15, 0.2) is 53.7 Å². The van der Waals surface area contributed by atoms with E-state index in [9.17, 15) is 4.79 Å². The van der Waals surface area contributed by atoms with Crippen LogP contribution in [0.4, 0.5) is 11.4 Å². The average Bonchev–Trinajstić information content (AvgIpc) is 3.06. The van der Waals surface area contributed by atoms with Gasteiger partial charge in [0.2, 0.25) is 5.91 Å². The highest BCUT2D eigenvalue weighted by atomic mass is 32.2. The monoisotopic (exact) mass is 397 g/mol. The summed E-state index contributed by atoms with van der Waals surface area (Å²) >= 11 is 1.36. The largest absolute Gasteiger partial charge is 0.497 e. The fourth-order valence-corrected chi connectivity index (χ4v) is 3.27. The summed E-state index contributed by atoms with van der Waals surface area (Å²) in [5.41, 5.74) is 2.83. The number of amides is 1. The lowest BCUT2D eigenvalue weighted by atomic mass is 10.2. The van der Waals surface area contributed by atoms with Crippen molar-refractivity contribution in [2.45, 2.75) is 18.6 Å². The van der Waals surface area contributed by atoms with Gasteiger partial charge in [-0.25, -0.2) is 0 Å². The van der Waals surface area contributed by atoms with Crippen molar-refractivity contribution in [3.8, 4) is 5.75 Å². The van der Waals surface area contributed by atoms with Crippen molar-refractivity contribution in [3.05, 3.63) is 59.9 Å². The Bertz CT molecular complexity index is 940. The van der Waals surface area contributed by atoms with Crippen LogP contribution in [0, 0.1) is 6.92 Å². The van der Waals surface area contributed by atoms with Crippen molar-refractivity contribution < 1.29 is 9.53 Å². The molecule has 0 aliphatic rings. The van der Waals surface area contributed by atoms with Gasteiger partial charge in [0, 0.05) is 18.4 Å². The Hall–Kier alpha value is -3.00. The van der Waals surface area contributed by atoms with Crippen LogP contribution in [0.2, 0.25) is 0 Å². The first-order chi connectivity index (χ1) is 13.6. The normalized spacial score (nSPS) is 10.5. The number of carbonyl (C=O) groups excluding carboxylic acids is 1. The van der Waals surface area contributed by atoms with Crippen LogP contribution in [0.3, 0.4) is 0 Å². The number of thioether (sulfide) groups is 1. The molecule has 0 atom stereocenters. The fraction of sp³-hybridized carbons (Fsp3) is 0.250. The molecule has 0 aliphatic carbocycles. The Morgan fingerprint density at radius 3 is 2.61 bits per heavy atom. The van der Waals surface area contributed by atoms with Gasteiger partial charge in [-0.2, -0.15) is 0 Å². The summed E-state index contributed by atoms with van der Waals surface area (Å²) in [6.07, 6.45) is 0. The Kier molecular flexibility index (Phi) is 6.54. The van der Waals surface area contributed by atoms with Crippen molar-refractivity contribution in [2.24, 2.45) is 7.05 Å². The lowest BCUT2D eigenvalue weighted by Crippen LogP contribution is -2.15. The number of methoxy groups -OCH3 is 1. The van der Waals surface area contributed by atoms with Crippen molar-refractivity contribution >= 4 is 29.0 Å². The molecule has 0 spiro atoms. The summed E-state index contributed by atoms with van der Waals surface area (Å²) in [7, 11) is 3.54. The number of ether oxygens (including phenoxy) is 1. The Morgan fingerprint density at radius 1 is 1.14 bits per heavy atom. The second-order valence-electron chi connectivity index (χ2n) is 6.19. The van der Waals surface area contributed by atoms with E-state index in [-0.39, 0.29) is 11.7 Å². The number of rotatable bonds is 8. The standard InChI is InChI=1S/C20H23N5O2S/c1-14-6-4-5-7-17(14)22-19(26)13-28-20-24-23-18(25(20)2)12-21-15-8-10-16(27-3)11-9-15/h4-11,21H,12-13H2,1-3H3,(H,22,26). The minimum absolute atomic E-state index is 0.0693. The Balaban J connectivity index is 1.52. The van der Waals surface area contributed by atoms with E-state index in [0.29, 0.717) is 11.7 Å². The maximum absolute atomic E-state index is 12.2. The van der Waals surface area contributed by atoms with E-state index in [4.69, 9.17) is 4.74 Å². The van der Waals surface area contributed by atoms with Crippen molar-refractivity contribution in [3.63, 3.8) is 0 Å². The Labute approximate surface area is 168 Å². The second kappa shape index (κ2) is 9.27. The number of aromatic nitrogens is 3. The molecule has 0 bridgehead atoms. The zero-order chi connectivity index (χ0) is 19.9. The van der Waals surface area contributed by atoms with Crippen LogP contribution >= 0.6 is 11.8 Å². The molecule has 2 N–H and O–H groups in total. The van der Waals surface area contributed by atoms with Crippen LogP contribution in [-0.4, -0.2) is 33.5 Å². The van der Waals surface area contributed by atoms with Gasteiger partial charge in [0.15, 0.2) is 11.0 Å². The highest BCUT2D eigenvalue weighted by Gasteiger charge is 2.12. The Morgan fingerprint density at radius 2 is 1.89 bits per heavy atom. The van der Waals surface area contributed by atoms with Gasteiger partial charge in [0.1, 0.15) is 5.75 Å². The summed E-state index contributed by atoms with van der Waals surface area (Å²) in [6, 6.07) is 15.4. The number of nitrogens with one attached hydrogen (secondary N) is 2. The number of nitrogens with zero attached hydrogens (tertiary/aromatic N) is 3. The quantitative estimate of drug-likeness (QED) is 0.567. The molecule has 3 rings (SSSR count). The molecule has 1 amide bonds. The zero-order valence-corrected chi connectivity index (χ0v) is 16.9. The second-order valence-corrected chi connectivity index (χ2v) is 7.13. The minimum atomic E-state index is -0.0693. The van der Waals surface area contributed by atoms with Crippen LogP contribution in [0.5, 0.6) is 5.75 Å². The van der Waals surface area contributed by atoms with Crippen LogP contribution < -0.4 is 15.4 Å². The van der Waals surface area contributed by atoms with Crippen molar-refractivity contribution in [2.75, 3.05) is 23.5 Å². The maximum atomic E-state index is 12.2. The molecule has 2 aromatic carbocycles. The number of carbonyl (C=O) groups is 1. The molecule has 8 heteroatoms. The number of hydrogen-bond donors (Lipinski definition) is 2. The lowest BCUT2D eigenvalue weighted by molar-refractivity contribution is -0.113. The summed E-state index contributed by atoms with van der Waals surface area (Å²) in [4.78, 5) is 12.2. The average molecular weight is 398 g/mol. The molecule has 1 heterocycles. The number of anilines is 2. The third kappa shape index (κ3) is 5.04. The van der Waals surface area contributed by atoms with Gasteiger partial charge in [0.25, 0.3) is 0 Å². The van der Waals surface area contributed by atoms with Gasteiger partial charge in [-0.1, -0.05) is 30.0 Å². The molecule has 0 radical (unpaired) electrons. The van der Waals surface area contributed by atoms with Crippen molar-refractivity contribution in [1.82, 2.24) is 14.8 Å². The van der Waals surface area contributed by atoms with Gasteiger partial charge in [-0.05, 0) is 42.8 Å². The van der Waals surface area contributed by atoms with Gasteiger partial charge in [0.05, 0.1) is 19.4 Å². The first-order valence-electron chi connectivity index (χ1n) is 8.81. The van der Waals surface area contributed by atoms with Gasteiger partial charge >= 0.3 is 0 Å². The predicted molar refractivity (Wildman–Crippen MR) is 112 cm³/mol. The third-order valence-electron chi connectivity index (χ3n) is 4.22. The number of para-hydroxylation sites is 1. The molecule has 0 fully saturated rings. The van der Waals surface area contributed by atoms with E-state index in [1.165, 1.54) is 11.8 Å². The molecule has 0 saturated carbocycles. The predicted octanol–water partition coefficient (Wildman–Crippen LogP) is 3.48. The molecule has 0 aliphatic heterocycles. The molecular weight excluding hydrogens is 374 g/mol. The fourth-order valence-electron chi connectivity index (χ4n) is 2.54. The summed E-state index contributed by atoms with van der Waals surface area (Å²) < 4.78 is 7.05. The summed E-state index contributed by atoms with van der Waals surface area (Å²) in [6.45, 7) is 2.50. The van der Waals surface area contributed by atoms with E-state index in [1.54, 1.807) is 7.11 Å². The highest BCUT2D eigenvalue weighted by Crippen LogP contribution is 2.19. The minimum Gasteiger partial charge on any atom is -0.497 e. The number of aryl methyl sites for hydroxylation is 1. The summed E-state index contributed by atoms with van der Waals surface area (Å²) in [5.74, 6) is 1.80. The van der Waals surface area contributed by atoms with E-state index >= 15 is 0 Å². The summed E-state index contributed by atoms with van der Waals surface area (Å²) in [5, 5.41) is 15.3. The van der Waals surface area contributed by atoms with Gasteiger partial charge < -0.3 is 19.9 Å². The van der Waals surface area contributed by atoms with E-state index < -0.39 is 0 Å². The SMILES string of the molecule is COc1ccc(NCc2nnc(SCC(=O)Nc3ccccc3C)n2C)cc1. The third-order valence-corrected chi connectivity index (χ3v) is 5.24. The van der Waals surface area contributed by atoms with E-state index in [1.807, 2.05) is 67.1 Å². The molecule has 1 aromatic heterocycles. The van der Waals surface area contributed by atoms with E-state index in [2.05, 4.69) is 20.8 Å². The smallest absolute Gasteiger partial charge is 0.234 e. The van der Waals surface area contributed by atoms with Gasteiger partial charge in [-0.3, -0.25) is 4.79 Å². The van der Waals surface area contributed by atoms with Crippen LogP contribution in [0.1, 0.15) is 11.4 Å².